The number of hydrogen-bond donors (Lipinski definition) is 4. The van der Waals surface area contributed by atoms with Crippen LogP contribution in [0, 0.1) is 0 Å². The number of hydrogen-bond acceptors (Lipinski definition) is 4. The van der Waals surface area contributed by atoms with Gasteiger partial charge in [0.25, 0.3) is 0 Å². The molecule has 0 aliphatic rings. The fourth-order valence-corrected chi connectivity index (χ4v) is 0. The summed E-state index contributed by atoms with van der Waals surface area (Å²) in [6.45, 7) is 0. The summed E-state index contributed by atoms with van der Waals surface area (Å²) >= 11 is 0. The Hall–Kier alpha value is 1.93. The maximum Gasteiger partial charge on any atom is 2.00 e. The fraction of sp³-hybridized carbons (Fsp3) is 0. The van der Waals surface area contributed by atoms with Crippen LogP contribution in [0.4, 0.5) is 0 Å². The first-order chi connectivity index (χ1) is 2.00. The van der Waals surface area contributed by atoms with Crippen molar-refractivity contribution in [1.29, 1.82) is 0 Å². The van der Waals surface area contributed by atoms with E-state index < -0.39 is 9.05 Å². The molecule has 0 fully saturated rings. The summed E-state index contributed by atoms with van der Waals surface area (Å²) in [6, 6.07) is 0. The van der Waals surface area contributed by atoms with E-state index in [2.05, 4.69) is 0 Å². The molecule has 7 heteroatoms. The summed E-state index contributed by atoms with van der Waals surface area (Å²) in [5, 5.41) is 0. The molecule has 0 saturated carbocycles. The molecule has 39 valence electrons. The fourth-order valence-electron chi connectivity index (χ4n) is 0. The van der Waals surface area contributed by atoms with E-state index in [4.69, 9.17) is 19.2 Å². The zero-order valence-electron chi connectivity index (χ0n) is 5.57. The summed E-state index contributed by atoms with van der Waals surface area (Å²) in [4.78, 5) is 29.3. The van der Waals surface area contributed by atoms with E-state index in [1.807, 2.05) is 0 Å². The molecule has 0 aliphatic heterocycles. The molecule has 0 saturated heterocycles. The van der Waals surface area contributed by atoms with Crippen molar-refractivity contribution >= 4 is 32.1 Å². The van der Waals surface area contributed by atoms with Crippen molar-refractivity contribution < 1.29 is 54.7 Å². The maximum absolute atomic E-state index is 7.33. The standard InChI is InChI=1S/Mg.H4O4Si.Y.2H/c;1-5(2,3)4;;;/h;1-4H;;;/q+2;;;2*-1. The van der Waals surface area contributed by atoms with Gasteiger partial charge in [-0.25, -0.2) is 0 Å². The van der Waals surface area contributed by atoms with Crippen LogP contribution in [-0.4, -0.2) is 51.3 Å². The molecule has 0 bridgehead atoms. The number of rotatable bonds is 0. The molecule has 0 aliphatic carbocycles. The molecule has 0 aromatic carbocycles. The predicted molar refractivity (Wildman–Crippen MR) is 22.6 cm³/mol. The molecule has 0 aromatic rings. The van der Waals surface area contributed by atoms with E-state index in [9.17, 15) is 0 Å². The monoisotopic (exact) mass is 211 g/mol. The van der Waals surface area contributed by atoms with E-state index in [0.29, 0.717) is 0 Å². The molecule has 0 unspecified atom stereocenters. The molecule has 0 heterocycles. The van der Waals surface area contributed by atoms with Crippen molar-refractivity contribution in [2.24, 2.45) is 0 Å². The SMILES string of the molecule is O[Si](O)(O)O.[H-].[H-].[Mg+2].[Y]. The molecule has 0 rings (SSSR count). The van der Waals surface area contributed by atoms with Crippen molar-refractivity contribution in [3.8, 4) is 0 Å². The predicted octanol–water partition coefficient (Wildman–Crippen LogP) is -2.77. The quantitative estimate of drug-likeness (QED) is 0.327. The molecule has 0 amide bonds. The largest absolute Gasteiger partial charge is 2.00 e. The molecule has 4 N–H and O–H groups in total. The summed E-state index contributed by atoms with van der Waals surface area (Å²) in [5.74, 6) is 0. The molecule has 0 aromatic heterocycles. The van der Waals surface area contributed by atoms with Crippen LogP contribution < -0.4 is 0 Å². The Morgan fingerprint density at radius 1 is 1.00 bits per heavy atom. The van der Waals surface area contributed by atoms with Gasteiger partial charge in [-0.3, -0.25) is 0 Å². The van der Waals surface area contributed by atoms with Crippen molar-refractivity contribution in [2.45, 2.75) is 0 Å². The van der Waals surface area contributed by atoms with Gasteiger partial charge in [0.2, 0.25) is 0 Å². The molecular formula is H6MgO4SiY. The minimum absolute atomic E-state index is 0. The topological polar surface area (TPSA) is 80.9 Å². The molecule has 4 nitrogen and oxygen atoms in total. The minimum Gasteiger partial charge on any atom is -1.00 e. The molecule has 0 spiro atoms. The molecule has 1 radical (unpaired) electrons. The van der Waals surface area contributed by atoms with E-state index in [1.54, 1.807) is 0 Å². The Morgan fingerprint density at radius 2 is 1.00 bits per heavy atom. The van der Waals surface area contributed by atoms with Crippen LogP contribution >= 0.6 is 0 Å². The van der Waals surface area contributed by atoms with Crippen LogP contribution in [0.25, 0.3) is 0 Å². The van der Waals surface area contributed by atoms with Gasteiger partial charge >= 0.3 is 32.1 Å². The van der Waals surface area contributed by atoms with Gasteiger partial charge in [0.1, 0.15) is 0 Å². The van der Waals surface area contributed by atoms with Crippen molar-refractivity contribution in [3.05, 3.63) is 0 Å². The summed E-state index contributed by atoms with van der Waals surface area (Å²) < 4.78 is 0. The zero-order valence-corrected chi connectivity index (χ0v) is 8.83. The third-order valence-electron chi connectivity index (χ3n) is 0. The first-order valence-corrected chi connectivity index (χ1v) is 2.68. The normalized spacial score (nSPS) is 8.57. The smallest absolute Gasteiger partial charge is 1.00 e. The van der Waals surface area contributed by atoms with E-state index >= 15 is 0 Å². The van der Waals surface area contributed by atoms with Crippen LogP contribution in [0.15, 0.2) is 0 Å². The Bertz CT molecular complexity index is 34.0. The van der Waals surface area contributed by atoms with Gasteiger partial charge < -0.3 is 22.0 Å². The Balaban J connectivity index is -0.0000000133. The van der Waals surface area contributed by atoms with Crippen LogP contribution in [0.3, 0.4) is 0 Å². The van der Waals surface area contributed by atoms with E-state index in [1.165, 1.54) is 0 Å². The second kappa shape index (κ2) is 6.05. The average molecular weight is 211 g/mol. The maximum atomic E-state index is 7.33. The molecular weight excluding hydrogens is 205 g/mol. The van der Waals surface area contributed by atoms with Gasteiger partial charge in [0.15, 0.2) is 0 Å². The summed E-state index contributed by atoms with van der Waals surface area (Å²) in [6.07, 6.45) is 0. The molecule has 7 heavy (non-hydrogen) atoms. The van der Waals surface area contributed by atoms with Crippen molar-refractivity contribution in [1.82, 2.24) is 0 Å². The first-order valence-electron chi connectivity index (χ1n) is 0.894. The van der Waals surface area contributed by atoms with Crippen LogP contribution in [0.2, 0.25) is 0 Å². The third kappa shape index (κ3) is 75.0. The van der Waals surface area contributed by atoms with Gasteiger partial charge in [0.05, 0.1) is 0 Å². The second-order valence-electron chi connectivity index (χ2n) is 0.600. The van der Waals surface area contributed by atoms with Gasteiger partial charge in [-0.15, -0.1) is 0 Å². The van der Waals surface area contributed by atoms with Gasteiger partial charge in [0, 0.05) is 32.7 Å². The summed E-state index contributed by atoms with van der Waals surface area (Å²) in [5.41, 5.74) is 0. The first kappa shape index (κ1) is 16.0. The van der Waals surface area contributed by atoms with Crippen LogP contribution in [0.1, 0.15) is 2.85 Å². The van der Waals surface area contributed by atoms with Gasteiger partial charge in [-0.2, -0.15) is 0 Å². The minimum atomic E-state index is -4.61. The third-order valence-corrected chi connectivity index (χ3v) is 0. The molecule has 0 atom stereocenters. The van der Waals surface area contributed by atoms with Crippen molar-refractivity contribution in [3.63, 3.8) is 0 Å². The zero-order chi connectivity index (χ0) is 4.50. The van der Waals surface area contributed by atoms with E-state index in [0.717, 1.165) is 0 Å². The second-order valence-corrected chi connectivity index (χ2v) is 1.80. The Morgan fingerprint density at radius 3 is 1.00 bits per heavy atom. The van der Waals surface area contributed by atoms with Crippen LogP contribution in [-0.2, 0) is 32.7 Å². The van der Waals surface area contributed by atoms with E-state index in [-0.39, 0.29) is 58.6 Å². The average Bonchev–Trinajstić information content (AvgIpc) is 0.722. The van der Waals surface area contributed by atoms with Crippen LogP contribution in [0.5, 0.6) is 0 Å². The Labute approximate surface area is 86.0 Å². The summed E-state index contributed by atoms with van der Waals surface area (Å²) in [7, 11) is -4.61. The Kier molecular flexibility index (Phi) is 13.8. The van der Waals surface area contributed by atoms with Crippen molar-refractivity contribution in [2.75, 3.05) is 0 Å². The van der Waals surface area contributed by atoms with Gasteiger partial charge in [-0.05, 0) is 0 Å². The van der Waals surface area contributed by atoms with Gasteiger partial charge in [-0.1, -0.05) is 0 Å².